The summed E-state index contributed by atoms with van der Waals surface area (Å²) >= 11 is 0. The van der Waals surface area contributed by atoms with Crippen LogP contribution in [0.2, 0.25) is 0 Å². The molecule has 2 fully saturated rings. The average molecular weight is 764 g/mol. The Morgan fingerprint density at radius 2 is 1.63 bits per heavy atom. The van der Waals surface area contributed by atoms with Crippen molar-refractivity contribution in [1.29, 1.82) is 5.26 Å². The molecule has 7 rings (SSSR count). The highest BCUT2D eigenvalue weighted by atomic mass is 16.2. The minimum absolute atomic E-state index is 0.00884. The number of rotatable bonds is 10. The zero-order valence-corrected chi connectivity index (χ0v) is 30.7. The summed E-state index contributed by atoms with van der Waals surface area (Å²) < 4.78 is 0. The number of fused-ring (bicyclic) bond motifs is 1. The number of nitriles is 1. The molecule has 0 radical (unpaired) electrons. The number of piperidine rings is 2. The van der Waals surface area contributed by atoms with Crippen LogP contribution in [0, 0.1) is 29.1 Å². The molecule has 0 aliphatic carbocycles. The van der Waals surface area contributed by atoms with E-state index in [2.05, 4.69) is 48.0 Å². The predicted octanol–water partition coefficient (Wildman–Crippen LogP) is 3.32. The molecular weight excluding hydrogens is 727 g/mol. The van der Waals surface area contributed by atoms with Gasteiger partial charge >= 0.3 is 0 Å². The van der Waals surface area contributed by atoms with E-state index in [0.717, 1.165) is 34.9 Å². The van der Waals surface area contributed by atoms with Crippen molar-refractivity contribution in [3.8, 4) is 29.2 Å². The van der Waals surface area contributed by atoms with Gasteiger partial charge in [-0.1, -0.05) is 24.0 Å². The van der Waals surface area contributed by atoms with Gasteiger partial charge < -0.3 is 20.9 Å². The summed E-state index contributed by atoms with van der Waals surface area (Å²) in [5, 5.41) is 19.6. The second kappa shape index (κ2) is 17.0. The highest BCUT2D eigenvalue weighted by molar-refractivity contribution is 6.23. The van der Waals surface area contributed by atoms with Crippen LogP contribution < -0.4 is 26.2 Å². The number of amides is 6. The summed E-state index contributed by atoms with van der Waals surface area (Å²) in [5.41, 5.74) is 4.71. The molecule has 0 bridgehead atoms. The number of hydrogen-bond donors (Lipinski definition) is 4. The summed E-state index contributed by atoms with van der Waals surface area (Å²) in [4.78, 5) is 87.0. The Labute approximate surface area is 327 Å². The van der Waals surface area contributed by atoms with Crippen LogP contribution in [0.15, 0.2) is 79.0 Å². The maximum atomic E-state index is 13.1. The molecule has 1 atom stereocenters. The molecule has 4 heterocycles. The van der Waals surface area contributed by atoms with Crippen molar-refractivity contribution in [2.24, 2.45) is 5.92 Å². The third kappa shape index (κ3) is 8.63. The summed E-state index contributed by atoms with van der Waals surface area (Å²) in [7, 11) is 0. The van der Waals surface area contributed by atoms with Gasteiger partial charge in [0.05, 0.1) is 22.9 Å². The fraction of sp³-hybridized carbons (Fsp3) is 0.262. The van der Waals surface area contributed by atoms with Gasteiger partial charge in [0, 0.05) is 72.7 Å². The van der Waals surface area contributed by atoms with Crippen molar-refractivity contribution in [1.82, 2.24) is 30.8 Å². The summed E-state index contributed by atoms with van der Waals surface area (Å²) in [6.07, 6.45) is 3.61. The van der Waals surface area contributed by atoms with E-state index in [4.69, 9.17) is 5.26 Å². The number of aromatic nitrogens is 2. The van der Waals surface area contributed by atoms with Gasteiger partial charge in [-0.3, -0.25) is 39.0 Å². The monoisotopic (exact) mass is 763 g/mol. The molecule has 4 N–H and O–H groups in total. The molecule has 4 aromatic rings. The maximum absolute atomic E-state index is 13.1. The van der Waals surface area contributed by atoms with Crippen LogP contribution >= 0.6 is 0 Å². The number of anilines is 3. The van der Waals surface area contributed by atoms with Crippen molar-refractivity contribution in [3.05, 3.63) is 101 Å². The molecule has 286 valence electrons. The fourth-order valence-corrected chi connectivity index (χ4v) is 6.98. The van der Waals surface area contributed by atoms with E-state index in [9.17, 15) is 28.8 Å². The average Bonchev–Trinajstić information content (AvgIpc) is 3.48. The van der Waals surface area contributed by atoms with E-state index >= 15 is 0 Å². The Kier molecular flexibility index (Phi) is 11.3. The van der Waals surface area contributed by atoms with Gasteiger partial charge in [-0.25, -0.2) is 9.97 Å². The number of benzene rings is 3. The Morgan fingerprint density at radius 3 is 2.37 bits per heavy atom. The molecule has 3 aliphatic heterocycles. The Hall–Kier alpha value is -7.39. The zero-order valence-electron chi connectivity index (χ0n) is 30.7. The first-order chi connectivity index (χ1) is 27.7. The minimum atomic E-state index is -1.03. The lowest BCUT2D eigenvalue weighted by atomic mass is 9.95. The van der Waals surface area contributed by atoms with Crippen LogP contribution in [0.5, 0.6) is 0 Å². The molecule has 57 heavy (non-hydrogen) atoms. The highest BCUT2D eigenvalue weighted by Crippen LogP contribution is 2.29. The van der Waals surface area contributed by atoms with Crippen LogP contribution in [0.25, 0.3) is 11.3 Å². The molecule has 3 aromatic carbocycles. The number of nitrogens with one attached hydrogen (secondary N) is 4. The van der Waals surface area contributed by atoms with Gasteiger partial charge in [-0.15, -0.1) is 0 Å². The van der Waals surface area contributed by atoms with Crippen LogP contribution in [-0.4, -0.2) is 82.5 Å². The Bertz CT molecular complexity index is 2350. The summed E-state index contributed by atoms with van der Waals surface area (Å²) in [6.45, 7) is 1.77. The number of carbonyl (C=O) groups is 6. The summed E-state index contributed by atoms with van der Waals surface area (Å²) in [6, 6.07) is 22.2. The first-order valence-electron chi connectivity index (χ1n) is 18.5. The third-order valence-electron chi connectivity index (χ3n) is 10.0. The van der Waals surface area contributed by atoms with Crippen molar-refractivity contribution in [3.63, 3.8) is 0 Å². The Morgan fingerprint density at radius 1 is 0.877 bits per heavy atom. The largest absolute Gasteiger partial charge is 0.371 e. The quantitative estimate of drug-likeness (QED) is 0.0798. The fourth-order valence-electron chi connectivity index (χ4n) is 6.98. The van der Waals surface area contributed by atoms with E-state index in [1.54, 1.807) is 42.6 Å². The topological polar surface area (TPSA) is 207 Å². The van der Waals surface area contributed by atoms with Gasteiger partial charge in [0.25, 0.3) is 17.7 Å². The third-order valence-corrected chi connectivity index (χ3v) is 10.0. The molecule has 3 aliphatic rings. The SMILES string of the molecule is N#CCNC(=O)c1ccc(-c2ccnc(Nc3ccc(N4CCC(C(=O)NCCC#Cc5ccc6c(c5)C(=O)N(C5CCC(=O)NC5=O)C6=O)CC4)cc3)n2)cc1. The van der Waals surface area contributed by atoms with Crippen LogP contribution in [0.3, 0.4) is 0 Å². The van der Waals surface area contributed by atoms with E-state index in [-0.39, 0.29) is 48.2 Å². The zero-order chi connectivity index (χ0) is 39.9. The molecule has 1 aromatic heterocycles. The minimum Gasteiger partial charge on any atom is -0.371 e. The van der Waals surface area contributed by atoms with Crippen molar-refractivity contribution >= 4 is 52.8 Å². The van der Waals surface area contributed by atoms with E-state index in [1.807, 2.05) is 30.3 Å². The van der Waals surface area contributed by atoms with Crippen LogP contribution in [-0.2, 0) is 14.4 Å². The Balaban J connectivity index is 0.846. The number of nitrogens with zero attached hydrogens (tertiary/aromatic N) is 5. The van der Waals surface area contributed by atoms with Crippen LogP contribution in [0.4, 0.5) is 17.3 Å². The smallest absolute Gasteiger partial charge is 0.262 e. The van der Waals surface area contributed by atoms with E-state index in [1.165, 1.54) is 12.1 Å². The standard InChI is InChI=1S/C42H37N9O6/c43-19-22-45-37(53)28-7-5-27(6-8-28)34-16-21-46-42(48-34)47-30-9-11-31(12-10-30)50-23-17-29(18-24-50)38(54)44-20-2-1-3-26-4-13-32-33(25-26)41(57)51(40(32)56)35-14-15-36(52)49-39(35)55/h4-13,16,21,25,29,35H,2,14-15,17-18,20,22-24H2,(H,44,54)(H,45,53)(H,46,47,48)(H,49,52,55). The van der Waals surface area contributed by atoms with Gasteiger partial charge in [0.2, 0.25) is 23.7 Å². The molecule has 15 heteroatoms. The first-order valence-corrected chi connectivity index (χ1v) is 18.5. The predicted molar refractivity (Wildman–Crippen MR) is 208 cm³/mol. The summed E-state index contributed by atoms with van der Waals surface area (Å²) in [5.74, 6) is 3.75. The lowest BCUT2D eigenvalue weighted by Crippen LogP contribution is -2.54. The number of carbonyl (C=O) groups excluding carboxylic acids is 6. The second-order valence-corrected chi connectivity index (χ2v) is 13.7. The number of imide groups is 2. The van der Waals surface area contributed by atoms with Crippen LogP contribution in [0.1, 0.15) is 68.7 Å². The molecule has 15 nitrogen and oxygen atoms in total. The molecular formula is C42H37N9O6. The molecule has 1 unspecified atom stereocenters. The lowest BCUT2D eigenvalue weighted by molar-refractivity contribution is -0.136. The van der Waals surface area contributed by atoms with Gasteiger partial charge in [0.15, 0.2) is 0 Å². The van der Waals surface area contributed by atoms with Crippen molar-refractivity contribution < 1.29 is 28.8 Å². The molecule has 0 spiro atoms. The van der Waals surface area contributed by atoms with Gasteiger partial charge in [-0.05, 0) is 79.9 Å². The number of hydrogen-bond acceptors (Lipinski definition) is 11. The van der Waals surface area contributed by atoms with E-state index < -0.39 is 29.7 Å². The van der Waals surface area contributed by atoms with Crippen molar-refractivity contribution in [2.75, 3.05) is 36.4 Å². The van der Waals surface area contributed by atoms with E-state index in [0.29, 0.717) is 48.6 Å². The first kappa shape index (κ1) is 37.9. The molecule has 0 saturated carbocycles. The normalized spacial score (nSPS) is 16.5. The van der Waals surface area contributed by atoms with Gasteiger partial charge in [-0.2, -0.15) is 5.26 Å². The highest BCUT2D eigenvalue weighted by Gasteiger charge is 2.44. The molecule has 6 amide bonds. The second-order valence-electron chi connectivity index (χ2n) is 13.7. The molecule has 2 saturated heterocycles. The lowest BCUT2D eigenvalue weighted by Gasteiger charge is -2.33. The maximum Gasteiger partial charge on any atom is 0.262 e. The van der Waals surface area contributed by atoms with Gasteiger partial charge in [0.1, 0.15) is 12.6 Å². The van der Waals surface area contributed by atoms with Crippen molar-refractivity contribution in [2.45, 2.75) is 38.1 Å².